The first kappa shape index (κ1) is 20.9. The maximum absolute atomic E-state index is 12.3. The smallest absolute Gasteiger partial charge is 0.226 e. The van der Waals surface area contributed by atoms with Crippen LogP contribution in [0.3, 0.4) is 0 Å². The van der Waals surface area contributed by atoms with Crippen molar-refractivity contribution in [1.82, 2.24) is 5.32 Å². The number of anilines is 1. The van der Waals surface area contributed by atoms with Crippen molar-refractivity contribution < 1.29 is 9.59 Å². The maximum Gasteiger partial charge on any atom is 0.226 e. The molecule has 5 nitrogen and oxygen atoms in total. The number of nitrogens with one attached hydrogen (secondary N) is 2. The molecule has 24 heavy (non-hydrogen) atoms. The quantitative estimate of drug-likeness (QED) is 0.686. The van der Waals surface area contributed by atoms with Crippen LogP contribution in [-0.4, -0.2) is 23.9 Å². The second-order valence-electron chi connectivity index (χ2n) is 6.40. The molecule has 1 aromatic rings. The number of carbonyl (C=O) groups is 2. The van der Waals surface area contributed by atoms with Gasteiger partial charge < -0.3 is 16.4 Å². The van der Waals surface area contributed by atoms with Gasteiger partial charge in [-0.1, -0.05) is 28.8 Å². The van der Waals surface area contributed by atoms with Gasteiger partial charge in [-0.2, -0.15) is 0 Å². The first-order valence-electron chi connectivity index (χ1n) is 8.00. The van der Waals surface area contributed by atoms with E-state index in [1.54, 1.807) is 0 Å². The van der Waals surface area contributed by atoms with Gasteiger partial charge in [0.2, 0.25) is 11.8 Å². The molecule has 0 heterocycles. The van der Waals surface area contributed by atoms with Crippen molar-refractivity contribution in [2.24, 2.45) is 11.7 Å². The zero-order chi connectivity index (χ0) is 16.9. The van der Waals surface area contributed by atoms with E-state index in [0.29, 0.717) is 6.54 Å². The van der Waals surface area contributed by atoms with E-state index in [0.717, 1.165) is 35.8 Å². The number of amides is 2. The summed E-state index contributed by atoms with van der Waals surface area (Å²) in [7, 11) is 0. The van der Waals surface area contributed by atoms with E-state index in [2.05, 4.69) is 26.6 Å². The molecule has 7 heteroatoms. The third kappa shape index (κ3) is 6.07. The third-order valence-corrected chi connectivity index (χ3v) is 4.88. The summed E-state index contributed by atoms with van der Waals surface area (Å²) in [6, 6.07) is 7.37. The molecule has 2 rings (SSSR count). The summed E-state index contributed by atoms with van der Waals surface area (Å²) in [5.41, 5.74) is 6.52. The number of carbonyl (C=O) groups excluding carboxylic acids is 2. The Morgan fingerprint density at radius 3 is 2.58 bits per heavy atom. The Morgan fingerprint density at radius 2 is 1.96 bits per heavy atom. The molecule has 2 amide bonds. The van der Waals surface area contributed by atoms with Crippen molar-refractivity contribution in [2.75, 3.05) is 11.9 Å². The second-order valence-corrected chi connectivity index (χ2v) is 7.32. The second kappa shape index (κ2) is 9.39. The number of halogens is 2. The average molecular weight is 419 g/mol. The van der Waals surface area contributed by atoms with E-state index in [4.69, 9.17) is 5.73 Å². The zero-order valence-electron chi connectivity index (χ0n) is 13.8. The fourth-order valence-electron chi connectivity index (χ4n) is 2.97. The van der Waals surface area contributed by atoms with Crippen LogP contribution in [0.1, 0.15) is 39.0 Å². The molecule has 4 N–H and O–H groups in total. The van der Waals surface area contributed by atoms with Crippen molar-refractivity contribution in [3.05, 3.63) is 28.7 Å². The summed E-state index contributed by atoms with van der Waals surface area (Å²) in [5.74, 6) is -0.316. The molecule has 0 bridgehead atoms. The monoisotopic (exact) mass is 417 g/mol. The lowest BCUT2D eigenvalue weighted by Gasteiger charge is -2.37. The van der Waals surface area contributed by atoms with Gasteiger partial charge in [0.1, 0.15) is 0 Å². The van der Waals surface area contributed by atoms with Crippen LogP contribution < -0.4 is 16.4 Å². The highest BCUT2D eigenvalue weighted by molar-refractivity contribution is 9.10. The molecule has 0 spiro atoms. The topological polar surface area (TPSA) is 84.2 Å². The minimum absolute atomic E-state index is 0. The van der Waals surface area contributed by atoms with Crippen LogP contribution in [0.5, 0.6) is 0 Å². The van der Waals surface area contributed by atoms with E-state index in [1.165, 1.54) is 0 Å². The number of hydrogen-bond acceptors (Lipinski definition) is 3. The van der Waals surface area contributed by atoms with Gasteiger partial charge >= 0.3 is 0 Å². The summed E-state index contributed by atoms with van der Waals surface area (Å²) in [6.07, 6.45) is 4.05. The highest BCUT2D eigenvalue weighted by Gasteiger charge is 2.37. The van der Waals surface area contributed by atoms with Crippen LogP contribution in [0.4, 0.5) is 5.69 Å². The number of hydrogen-bond donors (Lipinski definition) is 3. The van der Waals surface area contributed by atoms with E-state index in [9.17, 15) is 9.59 Å². The Balaban J connectivity index is 0.00000288. The highest BCUT2D eigenvalue weighted by Crippen LogP contribution is 2.31. The number of nitrogens with two attached hydrogens (primary N) is 1. The fourth-order valence-corrected chi connectivity index (χ4v) is 3.23. The molecular formula is C17H25BrClN3O2. The number of benzene rings is 1. The highest BCUT2D eigenvalue weighted by atomic mass is 79.9. The predicted octanol–water partition coefficient (Wildman–Crippen LogP) is 3.22. The van der Waals surface area contributed by atoms with Crippen molar-refractivity contribution >= 4 is 45.8 Å². The van der Waals surface area contributed by atoms with Crippen LogP contribution in [-0.2, 0) is 9.59 Å². The van der Waals surface area contributed by atoms with Gasteiger partial charge in [0.15, 0.2) is 0 Å². The van der Waals surface area contributed by atoms with Crippen molar-refractivity contribution in [2.45, 2.75) is 44.6 Å². The van der Waals surface area contributed by atoms with Crippen molar-refractivity contribution in [3.8, 4) is 0 Å². The molecule has 134 valence electrons. The van der Waals surface area contributed by atoms with Gasteiger partial charge in [-0.3, -0.25) is 9.59 Å². The van der Waals surface area contributed by atoms with Crippen LogP contribution in [0.2, 0.25) is 0 Å². The lowest BCUT2D eigenvalue weighted by Crippen LogP contribution is -2.53. The van der Waals surface area contributed by atoms with Crippen molar-refractivity contribution in [1.29, 1.82) is 0 Å². The van der Waals surface area contributed by atoms with Gasteiger partial charge in [0.25, 0.3) is 0 Å². The normalized spacial score (nSPS) is 23.0. The van der Waals surface area contributed by atoms with Gasteiger partial charge in [-0.25, -0.2) is 0 Å². The summed E-state index contributed by atoms with van der Waals surface area (Å²) in [4.78, 5) is 24.1. The molecule has 1 fully saturated rings. The lowest BCUT2D eigenvalue weighted by molar-refractivity contribution is -0.128. The van der Waals surface area contributed by atoms with Crippen LogP contribution in [0.25, 0.3) is 0 Å². The molecule has 0 saturated heterocycles. The van der Waals surface area contributed by atoms with E-state index < -0.39 is 5.54 Å². The standard InChI is InChI=1S/C17H24BrN3O2.ClH/c1-17(19)10-3-2-4-14(17)16(23)20-11-9-15(22)21-13-7-5-12(18)6-8-13;/h5-8,14H,2-4,9-11,19H2,1H3,(H,20,23)(H,21,22);1H. The molecule has 2 atom stereocenters. The molecule has 1 aliphatic carbocycles. The van der Waals surface area contributed by atoms with Crippen LogP contribution >= 0.6 is 28.3 Å². The number of rotatable bonds is 5. The summed E-state index contributed by atoms with van der Waals surface area (Å²) in [5, 5.41) is 5.65. The molecule has 0 aliphatic heterocycles. The summed E-state index contributed by atoms with van der Waals surface area (Å²) in [6.45, 7) is 2.27. The van der Waals surface area contributed by atoms with Gasteiger partial charge in [0.05, 0.1) is 5.92 Å². The van der Waals surface area contributed by atoms with Gasteiger partial charge in [-0.15, -0.1) is 12.4 Å². The Kier molecular flexibility index (Phi) is 8.19. The largest absolute Gasteiger partial charge is 0.355 e. The Morgan fingerprint density at radius 1 is 1.29 bits per heavy atom. The van der Waals surface area contributed by atoms with E-state index >= 15 is 0 Å². The molecule has 0 aromatic heterocycles. The van der Waals surface area contributed by atoms with E-state index in [-0.39, 0.29) is 36.6 Å². The third-order valence-electron chi connectivity index (χ3n) is 4.35. The fraction of sp³-hybridized carbons (Fsp3) is 0.529. The van der Waals surface area contributed by atoms with Crippen LogP contribution in [0.15, 0.2) is 28.7 Å². The minimum atomic E-state index is -0.442. The zero-order valence-corrected chi connectivity index (χ0v) is 16.2. The lowest BCUT2D eigenvalue weighted by atomic mass is 9.74. The maximum atomic E-state index is 12.3. The Labute approximate surface area is 157 Å². The predicted molar refractivity (Wildman–Crippen MR) is 102 cm³/mol. The molecule has 2 unspecified atom stereocenters. The first-order valence-corrected chi connectivity index (χ1v) is 8.80. The minimum Gasteiger partial charge on any atom is -0.355 e. The average Bonchev–Trinajstić information content (AvgIpc) is 2.49. The van der Waals surface area contributed by atoms with Crippen molar-refractivity contribution in [3.63, 3.8) is 0 Å². The molecule has 1 saturated carbocycles. The van der Waals surface area contributed by atoms with Gasteiger partial charge in [-0.05, 0) is 44.0 Å². The molecule has 1 aliphatic rings. The first-order chi connectivity index (χ1) is 10.9. The Hall–Kier alpha value is -1.11. The van der Waals surface area contributed by atoms with E-state index in [1.807, 2.05) is 31.2 Å². The molecule has 1 aromatic carbocycles. The summed E-state index contributed by atoms with van der Waals surface area (Å²) >= 11 is 3.35. The van der Waals surface area contributed by atoms with Crippen LogP contribution in [0, 0.1) is 5.92 Å². The Bertz CT molecular complexity index is 563. The molecular weight excluding hydrogens is 394 g/mol. The molecule has 0 radical (unpaired) electrons. The SMILES string of the molecule is CC1(N)CCCCC1C(=O)NCCC(=O)Nc1ccc(Br)cc1.Cl. The summed E-state index contributed by atoms with van der Waals surface area (Å²) < 4.78 is 0.958. The van der Waals surface area contributed by atoms with Gasteiger partial charge in [0, 0.05) is 28.7 Å².